The first kappa shape index (κ1) is 15.9. The van der Waals surface area contributed by atoms with Gasteiger partial charge in [0.15, 0.2) is 5.78 Å². The van der Waals surface area contributed by atoms with Crippen molar-refractivity contribution in [1.82, 2.24) is 0 Å². The Morgan fingerprint density at radius 3 is 1.54 bits per heavy atom. The number of hydrogen-bond donors (Lipinski definition) is 0. The third-order valence-corrected chi connectivity index (χ3v) is 4.06. The van der Waals surface area contributed by atoms with Crippen molar-refractivity contribution in [3.63, 3.8) is 0 Å². The summed E-state index contributed by atoms with van der Waals surface area (Å²) in [6.45, 7) is 4.13. The topological polar surface area (TPSA) is 17.1 Å². The van der Waals surface area contributed by atoms with E-state index in [-0.39, 0.29) is 5.78 Å². The molecular weight excluding hydrogens is 292 g/mol. The van der Waals surface area contributed by atoms with E-state index < -0.39 is 0 Å². The van der Waals surface area contributed by atoms with Gasteiger partial charge in [0.2, 0.25) is 0 Å². The van der Waals surface area contributed by atoms with Gasteiger partial charge in [0.1, 0.15) is 0 Å². The molecule has 0 aromatic heterocycles. The number of allylic oxidation sites excluding steroid dienone is 1. The summed E-state index contributed by atoms with van der Waals surface area (Å²) >= 11 is 0. The van der Waals surface area contributed by atoms with Crippen LogP contribution in [0.15, 0.2) is 84.9 Å². The Labute approximate surface area is 143 Å². The lowest BCUT2D eigenvalue weighted by Crippen LogP contribution is -1.98. The van der Waals surface area contributed by atoms with E-state index in [0.29, 0.717) is 5.56 Å². The Hall–Kier alpha value is -2.93. The second-order valence-electron chi connectivity index (χ2n) is 6.02. The van der Waals surface area contributed by atoms with Gasteiger partial charge in [0, 0.05) is 5.56 Å². The van der Waals surface area contributed by atoms with Crippen molar-refractivity contribution < 1.29 is 4.79 Å². The molecule has 0 amide bonds. The van der Waals surface area contributed by atoms with Crippen molar-refractivity contribution in [3.8, 4) is 0 Å². The predicted molar refractivity (Wildman–Crippen MR) is 100 cm³/mol. The molecule has 1 nitrogen and oxygen atoms in total. The van der Waals surface area contributed by atoms with E-state index in [1.807, 2.05) is 30.3 Å². The van der Waals surface area contributed by atoms with Gasteiger partial charge < -0.3 is 0 Å². The van der Waals surface area contributed by atoms with E-state index in [1.54, 1.807) is 6.08 Å². The fraction of sp³-hybridized carbons (Fsp3) is 0.0870. The van der Waals surface area contributed by atoms with Crippen LogP contribution in [0.5, 0.6) is 0 Å². The van der Waals surface area contributed by atoms with Gasteiger partial charge in [0.25, 0.3) is 0 Å². The molecule has 0 spiro atoms. The molecule has 0 unspecified atom stereocenters. The lowest BCUT2D eigenvalue weighted by Gasteiger charge is -2.10. The summed E-state index contributed by atoms with van der Waals surface area (Å²) in [6, 6.07) is 26.0. The highest BCUT2D eigenvalue weighted by atomic mass is 16.1. The molecule has 1 heteroatoms. The van der Waals surface area contributed by atoms with Crippen LogP contribution in [0.1, 0.15) is 32.6 Å². The number of rotatable bonds is 4. The molecule has 118 valence electrons. The normalized spacial score (nSPS) is 10.2. The lowest BCUT2D eigenvalue weighted by atomic mass is 9.94. The monoisotopic (exact) mass is 312 g/mol. The molecular formula is C23H20O. The highest BCUT2D eigenvalue weighted by Crippen LogP contribution is 2.25. The van der Waals surface area contributed by atoms with E-state index in [4.69, 9.17) is 0 Å². The molecule has 3 aromatic rings. The summed E-state index contributed by atoms with van der Waals surface area (Å²) in [6.07, 6.45) is 1.74. The van der Waals surface area contributed by atoms with Crippen LogP contribution in [0, 0.1) is 13.8 Å². The van der Waals surface area contributed by atoms with Crippen LogP contribution in [-0.4, -0.2) is 5.78 Å². The number of benzene rings is 3. The first-order chi connectivity index (χ1) is 11.6. The van der Waals surface area contributed by atoms with Crippen LogP contribution in [-0.2, 0) is 0 Å². The molecule has 0 heterocycles. The van der Waals surface area contributed by atoms with Crippen molar-refractivity contribution in [3.05, 3.63) is 113 Å². The molecule has 0 saturated heterocycles. The van der Waals surface area contributed by atoms with Gasteiger partial charge in [0.05, 0.1) is 0 Å². The number of ketones is 1. The Bertz CT molecular complexity index is 807. The highest BCUT2D eigenvalue weighted by Gasteiger charge is 2.09. The SMILES string of the molecule is Cc1ccc(C(=CC(=O)c2ccccc2)c2ccc(C)cc2)cc1. The Morgan fingerprint density at radius 2 is 1.08 bits per heavy atom. The van der Waals surface area contributed by atoms with Gasteiger partial charge in [-0.05, 0) is 36.6 Å². The quantitative estimate of drug-likeness (QED) is 0.451. The standard InChI is InChI=1S/C23H20O/c1-17-8-12-19(13-9-17)22(20-14-10-18(2)11-15-20)16-23(24)21-6-4-3-5-7-21/h3-16H,1-2H3. The fourth-order valence-corrected chi connectivity index (χ4v) is 2.62. The average molecular weight is 312 g/mol. The van der Waals surface area contributed by atoms with Gasteiger partial charge >= 0.3 is 0 Å². The molecule has 0 radical (unpaired) electrons. The summed E-state index contributed by atoms with van der Waals surface area (Å²) in [5.41, 5.74) is 6.16. The lowest BCUT2D eigenvalue weighted by molar-refractivity contribution is 0.104. The van der Waals surface area contributed by atoms with E-state index in [1.165, 1.54) is 11.1 Å². The Balaban J connectivity index is 2.07. The van der Waals surface area contributed by atoms with Gasteiger partial charge in [-0.2, -0.15) is 0 Å². The molecule has 0 fully saturated rings. The minimum absolute atomic E-state index is 0.0201. The van der Waals surface area contributed by atoms with Crippen molar-refractivity contribution in [2.75, 3.05) is 0 Å². The Morgan fingerprint density at radius 1 is 0.625 bits per heavy atom. The van der Waals surface area contributed by atoms with Crippen LogP contribution >= 0.6 is 0 Å². The van der Waals surface area contributed by atoms with E-state index in [0.717, 1.165) is 16.7 Å². The average Bonchev–Trinajstić information content (AvgIpc) is 2.62. The first-order valence-corrected chi connectivity index (χ1v) is 8.08. The maximum atomic E-state index is 12.7. The van der Waals surface area contributed by atoms with E-state index in [2.05, 4.69) is 62.4 Å². The Kier molecular flexibility index (Phi) is 4.72. The molecule has 0 aliphatic rings. The largest absolute Gasteiger partial charge is 0.289 e. The number of carbonyl (C=O) groups is 1. The van der Waals surface area contributed by atoms with Crippen molar-refractivity contribution >= 4 is 11.4 Å². The van der Waals surface area contributed by atoms with Crippen LogP contribution in [0.4, 0.5) is 0 Å². The number of hydrogen-bond acceptors (Lipinski definition) is 1. The van der Waals surface area contributed by atoms with E-state index in [9.17, 15) is 4.79 Å². The zero-order chi connectivity index (χ0) is 16.9. The maximum Gasteiger partial charge on any atom is 0.186 e. The second-order valence-corrected chi connectivity index (χ2v) is 6.02. The summed E-state index contributed by atoms with van der Waals surface area (Å²) in [5.74, 6) is 0.0201. The van der Waals surface area contributed by atoms with Gasteiger partial charge in [-0.15, -0.1) is 0 Å². The van der Waals surface area contributed by atoms with E-state index >= 15 is 0 Å². The molecule has 0 aliphatic carbocycles. The van der Waals surface area contributed by atoms with Crippen molar-refractivity contribution in [2.45, 2.75) is 13.8 Å². The summed E-state index contributed by atoms with van der Waals surface area (Å²) < 4.78 is 0. The minimum Gasteiger partial charge on any atom is -0.289 e. The van der Waals surface area contributed by atoms with Crippen molar-refractivity contribution in [1.29, 1.82) is 0 Å². The van der Waals surface area contributed by atoms with Gasteiger partial charge in [-0.25, -0.2) is 0 Å². The molecule has 0 atom stereocenters. The van der Waals surface area contributed by atoms with Crippen LogP contribution < -0.4 is 0 Å². The molecule has 3 rings (SSSR count). The summed E-state index contributed by atoms with van der Waals surface area (Å²) in [7, 11) is 0. The molecule has 0 aliphatic heterocycles. The zero-order valence-electron chi connectivity index (χ0n) is 14.0. The highest BCUT2D eigenvalue weighted by molar-refractivity contribution is 6.10. The summed E-state index contributed by atoms with van der Waals surface area (Å²) in [5, 5.41) is 0. The maximum absolute atomic E-state index is 12.7. The zero-order valence-corrected chi connectivity index (χ0v) is 14.0. The van der Waals surface area contributed by atoms with Crippen molar-refractivity contribution in [2.24, 2.45) is 0 Å². The molecule has 0 bridgehead atoms. The third-order valence-electron chi connectivity index (χ3n) is 4.06. The molecule has 3 aromatic carbocycles. The predicted octanol–water partition coefficient (Wildman–Crippen LogP) is 5.62. The fourth-order valence-electron chi connectivity index (χ4n) is 2.62. The van der Waals surface area contributed by atoms with Crippen LogP contribution in [0.3, 0.4) is 0 Å². The number of aryl methyl sites for hydroxylation is 2. The third kappa shape index (κ3) is 3.69. The van der Waals surface area contributed by atoms with Crippen LogP contribution in [0.2, 0.25) is 0 Å². The second kappa shape index (κ2) is 7.10. The first-order valence-electron chi connectivity index (χ1n) is 8.08. The van der Waals surface area contributed by atoms with Gasteiger partial charge in [-0.3, -0.25) is 4.79 Å². The number of carbonyl (C=O) groups excluding carboxylic acids is 1. The minimum atomic E-state index is 0.0201. The van der Waals surface area contributed by atoms with Crippen LogP contribution in [0.25, 0.3) is 5.57 Å². The summed E-state index contributed by atoms with van der Waals surface area (Å²) in [4.78, 5) is 12.7. The molecule has 0 saturated carbocycles. The molecule has 0 N–H and O–H groups in total. The molecule has 24 heavy (non-hydrogen) atoms. The van der Waals surface area contributed by atoms with Gasteiger partial charge in [-0.1, -0.05) is 90.0 Å². The smallest absolute Gasteiger partial charge is 0.186 e.